The molecule has 0 saturated heterocycles. The molecule has 0 spiro atoms. The summed E-state index contributed by atoms with van der Waals surface area (Å²) in [4.78, 5) is 5.92. The van der Waals surface area contributed by atoms with Crippen LogP contribution in [0.15, 0.2) is 53.0 Å². The first-order valence-electron chi connectivity index (χ1n) is 6.55. The number of aryl methyl sites for hydroxylation is 1. The lowest BCUT2D eigenvalue weighted by Gasteiger charge is -2.00. The lowest BCUT2D eigenvalue weighted by Crippen LogP contribution is -1.82. The highest BCUT2D eigenvalue weighted by atomic mass is 79.9. The number of methoxy groups -OCH3 is 1. The fourth-order valence-electron chi connectivity index (χ4n) is 2.12. The average molecular weight is 360 g/mol. The van der Waals surface area contributed by atoms with Crippen molar-refractivity contribution in [2.45, 2.75) is 6.92 Å². The van der Waals surface area contributed by atoms with Crippen LogP contribution in [0, 0.1) is 6.92 Å². The van der Waals surface area contributed by atoms with Crippen molar-refractivity contribution in [3.63, 3.8) is 0 Å². The van der Waals surface area contributed by atoms with E-state index < -0.39 is 0 Å². The number of benzene rings is 2. The number of thiazole rings is 1. The third-order valence-electron chi connectivity index (χ3n) is 3.24. The van der Waals surface area contributed by atoms with Crippen molar-refractivity contribution >= 4 is 27.3 Å². The van der Waals surface area contributed by atoms with E-state index in [1.807, 2.05) is 24.3 Å². The first-order chi connectivity index (χ1) is 10.2. The molecule has 0 N–H and O–H groups in total. The number of hydrogen-bond donors (Lipinski definition) is 0. The summed E-state index contributed by atoms with van der Waals surface area (Å²) in [6.07, 6.45) is 0. The molecular formula is C17H14BrNOS. The van der Waals surface area contributed by atoms with Crippen molar-refractivity contribution in [3.05, 3.63) is 58.7 Å². The number of halogens is 1. The molecule has 3 aromatic rings. The molecule has 0 saturated carbocycles. The summed E-state index contributed by atoms with van der Waals surface area (Å²) in [6, 6.07) is 16.4. The molecule has 2 nitrogen and oxygen atoms in total. The fraction of sp³-hybridized carbons (Fsp3) is 0.118. The van der Waals surface area contributed by atoms with Gasteiger partial charge in [0.05, 0.1) is 17.7 Å². The Hall–Kier alpha value is -1.65. The Kier molecular flexibility index (Phi) is 4.08. The van der Waals surface area contributed by atoms with Crippen LogP contribution >= 0.6 is 27.3 Å². The van der Waals surface area contributed by atoms with E-state index in [1.165, 1.54) is 10.4 Å². The molecule has 0 bridgehead atoms. The summed E-state index contributed by atoms with van der Waals surface area (Å²) in [5.41, 5.74) is 3.38. The summed E-state index contributed by atoms with van der Waals surface area (Å²) in [7, 11) is 1.67. The summed E-state index contributed by atoms with van der Waals surface area (Å²) in [5, 5.41) is 1.04. The smallest absolute Gasteiger partial charge is 0.124 e. The molecule has 0 radical (unpaired) electrons. The number of aromatic nitrogens is 1. The van der Waals surface area contributed by atoms with Gasteiger partial charge in [0.25, 0.3) is 0 Å². The maximum atomic E-state index is 5.19. The molecule has 21 heavy (non-hydrogen) atoms. The van der Waals surface area contributed by atoms with E-state index in [-0.39, 0.29) is 0 Å². The van der Waals surface area contributed by atoms with Gasteiger partial charge in [-0.1, -0.05) is 28.1 Å². The van der Waals surface area contributed by atoms with Crippen LogP contribution in [0.4, 0.5) is 0 Å². The maximum Gasteiger partial charge on any atom is 0.124 e. The second-order valence-corrected chi connectivity index (χ2v) is 6.58. The quantitative estimate of drug-likeness (QED) is 0.610. The Morgan fingerprint density at radius 1 is 0.952 bits per heavy atom. The van der Waals surface area contributed by atoms with Crippen LogP contribution in [0.5, 0.6) is 5.75 Å². The van der Waals surface area contributed by atoms with Crippen LogP contribution in [-0.4, -0.2) is 12.1 Å². The zero-order chi connectivity index (χ0) is 14.8. The van der Waals surface area contributed by atoms with E-state index in [0.29, 0.717) is 0 Å². The Balaban J connectivity index is 1.98. The van der Waals surface area contributed by atoms with Gasteiger partial charge in [-0.05, 0) is 48.9 Å². The molecule has 1 heterocycles. The van der Waals surface area contributed by atoms with Crippen molar-refractivity contribution < 1.29 is 4.74 Å². The largest absolute Gasteiger partial charge is 0.497 e. The van der Waals surface area contributed by atoms with Gasteiger partial charge in [-0.15, -0.1) is 11.3 Å². The van der Waals surface area contributed by atoms with Crippen LogP contribution in [0.3, 0.4) is 0 Å². The molecular weight excluding hydrogens is 346 g/mol. The second-order valence-electron chi connectivity index (χ2n) is 4.67. The first kappa shape index (κ1) is 14.3. The Bertz CT molecular complexity index is 747. The molecule has 0 fully saturated rings. The highest BCUT2D eigenvalue weighted by molar-refractivity contribution is 9.10. The van der Waals surface area contributed by atoms with Gasteiger partial charge in [0.15, 0.2) is 0 Å². The van der Waals surface area contributed by atoms with E-state index in [9.17, 15) is 0 Å². The van der Waals surface area contributed by atoms with Gasteiger partial charge >= 0.3 is 0 Å². The molecule has 0 atom stereocenters. The predicted molar refractivity (Wildman–Crippen MR) is 92.0 cm³/mol. The molecule has 0 aliphatic heterocycles. The minimum Gasteiger partial charge on any atom is -0.497 e. The van der Waals surface area contributed by atoms with Crippen LogP contribution in [0.2, 0.25) is 0 Å². The average Bonchev–Trinajstić information content (AvgIpc) is 2.90. The Labute approximate surface area is 136 Å². The van der Waals surface area contributed by atoms with Gasteiger partial charge in [0.2, 0.25) is 0 Å². The number of ether oxygens (including phenoxy) is 1. The SMILES string of the molecule is COc1ccc(-c2nc(C)c(-c3ccc(Br)cc3)s2)cc1. The first-order valence-corrected chi connectivity index (χ1v) is 8.16. The third-order valence-corrected chi connectivity index (χ3v) is 5.02. The fourth-order valence-corrected chi connectivity index (χ4v) is 3.46. The van der Waals surface area contributed by atoms with Gasteiger partial charge in [0, 0.05) is 10.0 Å². The van der Waals surface area contributed by atoms with Gasteiger partial charge < -0.3 is 4.74 Å². The number of hydrogen-bond acceptors (Lipinski definition) is 3. The molecule has 0 aliphatic rings. The highest BCUT2D eigenvalue weighted by Gasteiger charge is 2.11. The lowest BCUT2D eigenvalue weighted by molar-refractivity contribution is 0.415. The van der Waals surface area contributed by atoms with Crippen molar-refractivity contribution in [1.29, 1.82) is 0 Å². The van der Waals surface area contributed by atoms with Gasteiger partial charge in [-0.3, -0.25) is 0 Å². The van der Waals surface area contributed by atoms with Crippen LogP contribution < -0.4 is 4.74 Å². The maximum absolute atomic E-state index is 5.19. The van der Waals surface area contributed by atoms with Crippen molar-refractivity contribution in [1.82, 2.24) is 4.98 Å². The monoisotopic (exact) mass is 359 g/mol. The van der Waals surface area contributed by atoms with E-state index in [1.54, 1.807) is 18.4 Å². The van der Waals surface area contributed by atoms with Gasteiger partial charge in [-0.2, -0.15) is 0 Å². The number of nitrogens with zero attached hydrogens (tertiary/aromatic N) is 1. The molecule has 1 aromatic heterocycles. The topological polar surface area (TPSA) is 22.1 Å². The second kappa shape index (κ2) is 6.00. The van der Waals surface area contributed by atoms with Crippen LogP contribution in [0.1, 0.15) is 5.69 Å². The van der Waals surface area contributed by atoms with Crippen molar-refractivity contribution in [2.75, 3.05) is 7.11 Å². The number of rotatable bonds is 3. The molecule has 106 valence electrons. The highest BCUT2D eigenvalue weighted by Crippen LogP contribution is 2.35. The molecule has 0 aliphatic carbocycles. The van der Waals surface area contributed by atoms with E-state index in [0.717, 1.165) is 26.5 Å². The molecule has 2 aromatic carbocycles. The Morgan fingerprint density at radius 3 is 2.19 bits per heavy atom. The van der Waals surface area contributed by atoms with Crippen LogP contribution in [-0.2, 0) is 0 Å². The minimum atomic E-state index is 0.861. The molecule has 0 amide bonds. The van der Waals surface area contributed by atoms with Gasteiger partial charge in [-0.25, -0.2) is 4.98 Å². The molecule has 0 unspecified atom stereocenters. The standard InChI is InChI=1S/C17H14BrNOS/c1-11-16(12-3-7-14(18)8-4-12)21-17(19-11)13-5-9-15(20-2)10-6-13/h3-10H,1-2H3. The van der Waals surface area contributed by atoms with E-state index >= 15 is 0 Å². The van der Waals surface area contributed by atoms with Crippen molar-refractivity contribution in [2.24, 2.45) is 0 Å². The molecule has 4 heteroatoms. The van der Waals surface area contributed by atoms with Crippen LogP contribution in [0.25, 0.3) is 21.0 Å². The third kappa shape index (κ3) is 3.01. The lowest BCUT2D eigenvalue weighted by atomic mass is 10.2. The minimum absolute atomic E-state index is 0.861. The zero-order valence-corrected chi connectivity index (χ0v) is 14.2. The normalized spacial score (nSPS) is 10.6. The summed E-state index contributed by atoms with van der Waals surface area (Å²) < 4.78 is 6.28. The van der Waals surface area contributed by atoms with E-state index in [4.69, 9.17) is 9.72 Å². The predicted octanol–water partition coefficient (Wildman–Crippen LogP) is 5.56. The molecule has 3 rings (SSSR count). The van der Waals surface area contributed by atoms with Gasteiger partial charge in [0.1, 0.15) is 10.8 Å². The Morgan fingerprint density at radius 2 is 1.57 bits per heavy atom. The summed E-state index contributed by atoms with van der Waals surface area (Å²) in [6.45, 7) is 2.06. The zero-order valence-electron chi connectivity index (χ0n) is 11.8. The van der Waals surface area contributed by atoms with Crippen molar-refractivity contribution in [3.8, 4) is 26.8 Å². The van der Waals surface area contributed by atoms with E-state index in [2.05, 4.69) is 47.1 Å². The summed E-state index contributed by atoms with van der Waals surface area (Å²) >= 11 is 5.19. The summed E-state index contributed by atoms with van der Waals surface area (Å²) in [5.74, 6) is 0.861.